The monoisotopic (exact) mass is 257 g/mol. The van der Waals surface area contributed by atoms with Gasteiger partial charge in [0, 0.05) is 23.6 Å². The normalized spacial score (nSPS) is 10.3. The number of rotatable bonds is 3. The number of halogens is 1. The van der Waals surface area contributed by atoms with E-state index in [1.807, 2.05) is 13.0 Å². The third-order valence-electron chi connectivity index (χ3n) is 2.98. The number of amidine groups is 1. The maximum absolute atomic E-state index is 13.2. The van der Waals surface area contributed by atoms with E-state index in [0.717, 1.165) is 17.5 Å². The number of hydrogen-bond donors (Lipinski definition) is 2. The van der Waals surface area contributed by atoms with Gasteiger partial charge < -0.3 is 5.32 Å². The van der Waals surface area contributed by atoms with Crippen LogP contribution in [0.4, 0.5) is 10.1 Å². The smallest absolute Gasteiger partial charge is 0.130 e. The number of pyridine rings is 1. The van der Waals surface area contributed by atoms with Gasteiger partial charge in [0.15, 0.2) is 0 Å². The molecule has 3 nitrogen and oxygen atoms in total. The third-order valence-corrected chi connectivity index (χ3v) is 2.98. The van der Waals surface area contributed by atoms with E-state index in [1.165, 1.54) is 6.07 Å². The van der Waals surface area contributed by atoms with Gasteiger partial charge in [-0.1, -0.05) is 6.92 Å². The molecular formula is C15H16FN3. The van der Waals surface area contributed by atoms with Crippen molar-refractivity contribution in [1.82, 2.24) is 4.98 Å². The Morgan fingerprint density at radius 3 is 2.84 bits per heavy atom. The number of benzene rings is 1. The molecule has 19 heavy (non-hydrogen) atoms. The Bertz CT molecular complexity index is 608. The topological polar surface area (TPSA) is 48.8 Å². The molecule has 0 saturated heterocycles. The lowest BCUT2D eigenvalue weighted by Crippen LogP contribution is -2.14. The molecule has 4 heteroatoms. The average molecular weight is 257 g/mol. The number of aromatic nitrogens is 1. The summed E-state index contributed by atoms with van der Waals surface area (Å²) in [5.74, 6) is 0.0560. The molecule has 0 atom stereocenters. The maximum atomic E-state index is 13.2. The van der Waals surface area contributed by atoms with Crippen LogP contribution in [0.15, 0.2) is 36.7 Å². The molecule has 2 rings (SSSR count). The van der Waals surface area contributed by atoms with Gasteiger partial charge in [0.05, 0.1) is 0 Å². The third kappa shape index (κ3) is 2.96. The molecule has 1 aromatic heterocycles. The highest BCUT2D eigenvalue weighted by Crippen LogP contribution is 2.16. The predicted molar refractivity (Wildman–Crippen MR) is 75.2 cm³/mol. The summed E-state index contributed by atoms with van der Waals surface area (Å²) in [7, 11) is 0. The zero-order valence-electron chi connectivity index (χ0n) is 11.0. The van der Waals surface area contributed by atoms with Crippen molar-refractivity contribution in [3.63, 3.8) is 0 Å². The minimum absolute atomic E-state index is 0.241. The average Bonchev–Trinajstić information content (AvgIpc) is 2.43. The summed E-state index contributed by atoms with van der Waals surface area (Å²) in [5, 5.41) is 11.1. The summed E-state index contributed by atoms with van der Waals surface area (Å²) in [4.78, 5) is 4.06. The molecule has 1 aromatic carbocycles. The summed E-state index contributed by atoms with van der Waals surface area (Å²) in [6, 6.07) is 6.53. The molecule has 0 saturated carbocycles. The largest absolute Gasteiger partial charge is 0.340 e. The van der Waals surface area contributed by atoms with Gasteiger partial charge in [0.2, 0.25) is 0 Å². The second-order valence-electron chi connectivity index (χ2n) is 4.35. The van der Waals surface area contributed by atoms with Gasteiger partial charge in [0.1, 0.15) is 11.7 Å². The zero-order chi connectivity index (χ0) is 13.8. The number of aryl methyl sites for hydroxylation is 2. The second kappa shape index (κ2) is 5.61. The maximum Gasteiger partial charge on any atom is 0.130 e. The Morgan fingerprint density at radius 2 is 2.16 bits per heavy atom. The first-order chi connectivity index (χ1) is 9.11. The highest BCUT2D eigenvalue weighted by molar-refractivity contribution is 6.07. The molecule has 0 unspecified atom stereocenters. The Hall–Kier alpha value is -2.23. The van der Waals surface area contributed by atoms with Crippen LogP contribution in [-0.2, 0) is 6.42 Å². The van der Waals surface area contributed by atoms with Gasteiger partial charge in [0.25, 0.3) is 0 Å². The minimum atomic E-state index is -0.241. The van der Waals surface area contributed by atoms with Crippen LogP contribution in [-0.4, -0.2) is 10.8 Å². The molecule has 0 spiro atoms. The molecule has 2 aromatic rings. The Balaban J connectivity index is 2.23. The van der Waals surface area contributed by atoms with Crippen molar-refractivity contribution in [2.45, 2.75) is 20.3 Å². The van der Waals surface area contributed by atoms with Crippen molar-refractivity contribution in [2.75, 3.05) is 5.32 Å². The van der Waals surface area contributed by atoms with Crippen LogP contribution in [0.3, 0.4) is 0 Å². The fourth-order valence-electron chi connectivity index (χ4n) is 1.89. The van der Waals surface area contributed by atoms with Crippen molar-refractivity contribution < 1.29 is 4.39 Å². The van der Waals surface area contributed by atoms with Crippen molar-refractivity contribution in [1.29, 1.82) is 5.41 Å². The molecule has 0 fully saturated rings. The summed E-state index contributed by atoms with van der Waals surface area (Å²) < 4.78 is 13.2. The van der Waals surface area contributed by atoms with Gasteiger partial charge in [-0.25, -0.2) is 4.39 Å². The number of nitrogens with zero attached hydrogens (tertiary/aromatic N) is 1. The lowest BCUT2D eigenvalue weighted by atomic mass is 10.1. The van der Waals surface area contributed by atoms with E-state index in [0.29, 0.717) is 17.1 Å². The molecule has 1 heterocycles. The van der Waals surface area contributed by atoms with E-state index >= 15 is 0 Å². The molecule has 0 radical (unpaired) electrons. The molecule has 0 aliphatic heterocycles. The van der Waals surface area contributed by atoms with Crippen molar-refractivity contribution in [3.05, 3.63) is 59.2 Å². The molecule has 0 bridgehead atoms. The van der Waals surface area contributed by atoms with Gasteiger partial charge in [-0.3, -0.25) is 10.4 Å². The fourth-order valence-corrected chi connectivity index (χ4v) is 1.89. The molecule has 0 aliphatic carbocycles. The fraction of sp³-hybridized carbons (Fsp3) is 0.200. The lowest BCUT2D eigenvalue weighted by Gasteiger charge is -2.11. The van der Waals surface area contributed by atoms with Crippen LogP contribution in [0.2, 0.25) is 0 Å². The second-order valence-corrected chi connectivity index (χ2v) is 4.35. The number of anilines is 1. The first-order valence-corrected chi connectivity index (χ1v) is 6.16. The highest BCUT2D eigenvalue weighted by atomic mass is 19.1. The van der Waals surface area contributed by atoms with E-state index in [1.54, 1.807) is 31.5 Å². The van der Waals surface area contributed by atoms with Gasteiger partial charge >= 0.3 is 0 Å². The summed E-state index contributed by atoms with van der Waals surface area (Å²) in [6.45, 7) is 3.73. The van der Waals surface area contributed by atoms with E-state index < -0.39 is 0 Å². The van der Waals surface area contributed by atoms with E-state index in [2.05, 4.69) is 10.3 Å². The van der Waals surface area contributed by atoms with E-state index in [4.69, 9.17) is 5.41 Å². The van der Waals surface area contributed by atoms with Gasteiger partial charge in [-0.05, 0) is 48.7 Å². The Morgan fingerprint density at radius 1 is 1.37 bits per heavy atom. The lowest BCUT2D eigenvalue weighted by molar-refractivity contribution is 0.619. The molecule has 98 valence electrons. The standard InChI is InChI=1S/C15H16FN3/c1-3-11-9-18-7-6-13(11)15(17)19-12-4-5-14(16)10(2)8-12/h4-9H,3H2,1-2H3,(H2,17,19). The van der Waals surface area contributed by atoms with Crippen LogP contribution in [0.25, 0.3) is 0 Å². The van der Waals surface area contributed by atoms with E-state index in [-0.39, 0.29) is 5.82 Å². The van der Waals surface area contributed by atoms with Crippen molar-refractivity contribution in [2.24, 2.45) is 0 Å². The van der Waals surface area contributed by atoms with Gasteiger partial charge in [-0.2, -0.15) is 0 Å². The zero-order valence-corrected chi connectivity index (χ0v) is 11.0. The summed E-state index contributed by atoms with van der Waals surface area (Å²) in [5.41, 5.74) is 3.10. The van der Waals surface area contributed by atoms with Crippen LogP contribution in [0.5, 0.6) is 0 Å². The summed E-state index contributed by atoms with van der Waals surface area (Å²) >= 11 is 0. The summed E-state index contributed by atoms with van der Waals surface area (Å²) in [6.07, 6.45) is 4.25. The molecule has 2 N–H and O–H groups in total. The minimum Gasteiger partial charge on any atom is -0.340 e. The Kier molecular flexibility index (Phi) is 3.90. The van der Waals surface area contributed by atoms with Crippen molar-refractivity contribution in [3.8, 4) is 0 Å². The predicted octanol–water partition coefficient (Wildman–Crippen LogP) is 3.53. The van der Waals surface area contributed by atoms with Crippen LogP contribution in [0, 0.1) is 18.2 Å². The SMILES string of the molecule is CCc1cnccc1C(=N)Nc1ccc(F)c(C)c1. The van der Waals surface area contributed by atoms with E-state index in [9.17, 15) is 4.39 Å². The molecule has 0 amide bonds. The van der Waals surface area contributed by atoms with Gasteiger partial charge in [-0.15, -0.1) is 0 Å². The number of hydrogen-bond acceptors (Lipinski definition) is 2. The van der Waals surface area contributed by atoms with Crippen LogP contribution >= 0.6 is 0 Å². The molecular weight excluding hydrogens is 241 g/mol. The quantitative estimate of drug-likeness (QED) is 0.652. The van der Waals surface area contributed by atoms with Crippen molar-refractivity contribution >= 4 is 11.5 Å². The first-order valence-electron chi connectivity index (χ1n) is 6.16. The van der Waals surface area contributed by atoms with Crippen LogP contribution in [0.1, 0.15) is 23.6 Å². The van der Waals surface area contributed by atoms with Crippen LogP contribution < -0.4 is 5.32 Å². The highest BCUT2D eigenvalue weighted by Gasteiger charge is 2.07. The molecule has 0 aliphatic rings. The first kappa shape index (κ1) is 13.2. The number of nitrogens with one attached hydrogen (secondary N) is 2. The Labute approximate surface area is 112 Å².